The minimum Gasteiger partial charge on any atom is -0.497 e. The van der Waals surface area contributed by atoms with Crippen LogP contribution in [0.15, 0.2) is 42.5 Å². The Hall–Kier alpha value is -2.07. The second-order valence-electron chi connectivity index (χ2n) is 4.49. The van der Waals surface area contributed by atoms with Crippen LogP contribution in [0, 0.1) is 12.7 Å². The number of benzene rings is 2. The van der Waals surface area contributed by atoms with Gasteiger partial charge in [-0.15, -0.1) is 0 Å². The van der Waals surface area contributed by atoms with E-state index in [1.165, 1.54) is 0 Å². The maximum atomic E-state index is 13.7. The molecule has 1 atom stereocenters. The Balaban J connectivity index is 2.00. The lowest BCUT2D eigenvalue weighted by Gasteiger charge is -2.14. The van der Waals surface area contributed by atoms with Crippen molar-refractivity contribution in [1.29, 1.82) is 0 Å². The van der Waals surface area contributed by atoms with Crippen LogP contribution in [0.1, 0.15) is 17.2 Å². The number of hydrogen-bond acceptors (Lipinski definition) is 3. The molecular formula is C16H17FO3. The smallest absolute Gasteiger partial charge is 0.167 e. The lowest BCUT2D eigenvalue weighted by molar-refractivity contribution is 0.105. The number of aliphatic hydroxyl groups is 1. The highest BCUT2D eigenvalue weighted by molar-refractivity contribution is 5.31. The Kier molecular flexibility index (Phi) is 4.58. The molecule has 2 aromatic rings. The number of rotatable bonds is 5. The molecule has 0 bridgehead atoms. The molecule has 0 fully saturated rings. The number of ether oxygens (including phenoxy) is 2. The molecule has 2 rings (SSSR count). The summed E-state index contributed by atoms with van der Waals surface area (Å²) in [6.07, 6.45) is -0.819. The standard InChI is InChI=1S/C16H17FO3/c1-11-4-3-5-15(16(11)17)20-10-14(18)12-6-8-13(19-2)9-7-12/h3-9,14,18H,10H2,1-2H3. The van der Waals surface area contributed by atoms with Gasteiger partial charge in [0.15, 0.2) is 11.6 Å². The topological polar surface area (TPSA) is 38.7 Å². The highest BCUT2D eigenvalue weighted by Crippen LogP contribution is 2.22. The molecule has 0 saturated carbocycles. The second-order valence-corrected chi connectivity index (χ2v) is 4.49. The molecular weight excluding hydrogens is 259 g/mol. The molecule has 3 nitrogen and oxygen atoms in total. The van der Waals surface area contributed by atoms with Gasteiger partial charge in [0.25, 0.3) is 0 Å². The van der Waals surface area contributed by atoms with Gasteiger partial charge in [0, 0.05) is 0 Å². The SMILES string of the molecule is COc1ccc(C(O)COc2cccc(C)c2F)cc1. The van der Waals surface area contributed by atoms with Crippen molar-refractivity contribution in [2.75, 3.05) is 13.7 Å². The summed E-state index contributed by atoms with van der Waals surface area (Å²) < 4.78 is 24.1. The fraction of sp³-hybridized carbons (Fsp3) is 0.250. The first-order chi connectivity index (χ1) is 9.61. The maximum Gasteiger partial charge on any atom is 0.167 e. The molecule has 0 radical (unpaired) electrons. The number of aryl methyl sites for hydroxylation is 1. The Morgan fingerprint density at radius 3 is 2.50 bits per heavy atom. The average molecular weight is 276 g/mol. The van der Waals surface area contributed by atoms with E-state index in [-0.39, 0.29) is 12.4 Å². The van der Waals surface area contributed by atoms with Crippen molar-refractivity contribution >= 4 is 0 Å². The van der Waals surface area contributed by atoms with Crippen molar-refractivity contribution < 1.29 is 19.0 Å². The van der Waals surface area contributed by atoms with E-state index in [2.05, 4.69) is 0 Å². The predicted molar refractivity (Wildman–Crippen MR) is 74.6 cm³/mol. The van der Waals surface area contributed by atoms with Gasteiger partial charge in [-0.05, 0) is 36.2 Å². The van der Waals surface area contributed by atoms with E-state index < -0.39 is 11.9 Å². The zero-order valence-electron chi connectivity index (χ0n) is 11.5. The summed E-state index contributed by atoms with van der Waals surface area (Å²) in [6.45, 7) is 1.66. The molecule has 0 spiro atoms. The molecule has 0 aliphatic carbocycles. The zero-order chi connectivity index (χ0) is 14.5. The highest BCUT2D eigenvalue weighted by atomic mass is 19.1. The molecule has 0 aliphatic rings. The third-order valence-electron chi connectivity index (χ3n) is 3.05. The van der Waals surface area contributed by atoms with E-state index in [4.69, 9.17) is 9.47 Å². The fourth-order valence-electron chi connectivity index (χ4n) is 1.82. The highest BCUT2D eigenvalue weighted by Gasteiger charge is 2.11. The van der Waals surface area contributed by atoms with E-state index in [1.54, 1.807) is 56.5 Å². The number of aliphatic hydroxyl groups excluding tert-OH is 1. The Labute approximate surface area is 117 Å². The lowest BCUT2D eigenvalue weighted by atomic mass is 10.1. The van der Waals surface area contributed by atoms with Crippen molar-refractivity contribution in [2.24, 2.45) is 0 Å². The van der Waals surface area contributed by atoms with Crippen LogP contribution < -0.4 is 9.47 Å². The van der Waals surface area contributed by atoms with Crippen LogP contribution in [-0.4, -0.2) is 18.8 Å². The van der Waals surface area contributed by atoms with Crippen LogP contribution in [-0.2, 0) is 0 Å². The van der Waals surface area contributed by atoms with Gasteiger partial charge in [-0.25, -0.2) is 4.39 Å². The average Bonchev–Trinajstić information content (AvgIpc) is 2.48. The van der Waals surface area contributed by atoms with Gasteiger partial charge in [0.1, 0.15) is 18.5 Å². The Morgan fingerprint density at radius 1 is 1.15 bits per heavy atom. The Morgan fingerprint density at radius 2 is 1.85 bits per heavy atom. The first kappa shape index (κ1) is 14.3. The summed E-state index contributed by atoms with van der Waals surface area (Å²) in [6, 6.07) is 11.9. The summed E-state index contributed by atoms with van der Waals surface area (Å²) in [7, 11) is 1.58. The summed E-state index contributed by atoms with van der Waals surface area (Å²) >= 11 is 0. The normalized spacial score (nSPS) is 12.0. The number of halogens is 1. The molecule has 1 unspecified atom stereocenters. The summed E-state index contributed by atoms with van der Waals surface area (Å²) in [5.74, 6) is 0.471. The van der Waals surface area contributed by atoms with Crippen molar-refractivity contribution in [1.82, 2.24) is 0 Å². The first-order valence-corrected chi connectivity index (χ1v) is 6.31. The minimum atomic E-state index is -0.819. The molecule has 20 heavy (non-hydrogen) atoms. The summed E-state index contributed by atoms with van der Waals surface area (Å²) in [4.78, 5) is 0. The molecule has 1 N–H and O–H groups in total. The van der Waals surface area contributed by atoms with Crippen LogP contribution in [0.4, 0.5) is 4.39 Å². The molecule has 0 aliphatic heterocycles. The van der Waals surface area contributed by atoms with Gasteiger partial charge in [0.2, 0.25) is 0 Å². The van der Waals surface area contributed by atoms with Crippen LogP contribution in [0.2, 0.25) is 0 Å². The van der Waals surface area contributed by atoms with Gasteiger partial charge in [0.05, 0.1) is 7.11 Å². The van der Waals surface area contributed by atoms with E-state index >= 15 is 0 Å². The molecule has 4 heteroatoms. The largest absolute Gasteiger partial charge is 0.497 e. The van der Waals surface area contributed by atoms with Gasteiger partial charge >= 0.3 is 0 Å². The Bertz CT molecular complexity index is 566. The molecule has 2 aromatic carbocycles. The van der Waals surface area contributed by atoms with Crippen molar-refractivity contribution in [2.45, 2.75) is 13.0 Å². The molecule has 0 heterocycles. The number of hydrogen-bond donors (Lipinski definition) is 1. The first-order valence-electron chi connectivity index (χ1n) is 6.31. The lowest BCUT2D eigenvalue weighted by Crippen LogP contribution is -2.10. The van der Waals surface area contributed by atoms with Gasteiger partial charge in [-0.1, -0.05) is 24.3 Å². The monoisotopic (exact) mass is 276 g/mol. The van der Waals surface area contributed by atoms with Crippen LogP contribution in [0.3, 0.4) is 0 Å². The number of methoxy groups -OCH3 is 1. The third-order valence-corrected chi connectivity index (χ3v) is 3.05. The minimum absolute atomic E-state index is 0.00724. The van der Waals surface area contributed by atoms with E-state index in [0.29, 0.717) is 16.9 Å². The predicted octanol–water partition coefficient (Wildman–Crippen LogP) is 3.26. The molecule has 0 amide bonds. The maximum absolute atomic E-state index is 13.7. The zero-order valence-corrected chi connectivity index (χ0v) is 11.5. The fourth-order valence-corrected chi connectivity index (χ4v) is 1.82. The molecule has 106 valence electrons. The third kappa shape index (κ3) is 3.27. The van der Waals surface area contributed by atoms with Gasteiger partial charge in [-0.2, -0.15) is 0 Å². The van der Waals surface area contributed by atoms with Crippen molar-refractivity contribution in [3.8, 4) is 11.5 Å². The molecule has 0 saturated heterocycles. The second kappa shape index (κ2) is 6.39. The van der Waals surface area contributed by atoms with Crippen molar-refractivity contribution in [3.05, 3.63) is 59.4 Å². The van der Waals surface area contributed by atoms with Crippen LogP contribution in [0.5, 0.6) is 11.5 Å². The van der Waals surface area contributed by atoms with E-state index in [9.17, 15) is 9.50 Å². The summed E-state index contributed by atoms with van der Waals surface area (Å²) in [5.41, 5.74) is 1.21. The van der Waals surface area contributed by atoms with Gasteiger partial charge in [-0.3, -0.25) is 0 Å². The quantitative estimate of drug-likeness (QED) is 0.911. The van der Waals surface area contributed by atoms with Crippen LogP contribution >= 0.6 is 0 Å². The van der Waals surface area contributed by atoms with Crippen LogP contribution in [0.25, 0.3) is 0 Å². The van der Waals surface area contributed by atoms with E-state index in [0.717, 1.165) is 0 Å². The molecule has 0 aromatic heterocycles. The van der Waals surface area contributed by atoms with Crippen molar-refractivity contribution in [3.63, 3.8) is 0 Å². The van der Waals surface area contributed by atoms with Gasteiger partial charge < -0.3 is 14.6 Å². The van der Waals surface area contributed by atoms with E-state index in [1.807, 2.05) is 0 Å². The summed E-state index contributed by atoms with van der Waals surface area (Å²) in [5, 5.41) is 10.0.